The highest BCUT2D eigenvalue weighted by Crippen LogP contribution is 2.41. The van der Waals surface area contributed by atoms with Crippen LogP contribution < -0.4 is 0 Å². The van der Waals surface area contributed by atoms with Gasteiger partial charge in [0, 0.05) is 38.1 Å². The van der Waals surface area contributed by atoms with E-state index in [9.17, 15) is 5.26 Å². The average molecular weight is 700 g/mol. The van der Waals surface area contributed by atoms with Crippen molar-refractivity contribution in [3.63, 3.8) is 0 Å². The molecule has 0 radical (unpaired) electrons. The predicted molar refractivity (Wildman–Crippen MR) is 226 cm³/mol. The Morgan fingerprint density at radius 3 is 1.62 bits per heavy atom. The molecule has 11 rings (SSSR count). The highest BCUT2D eigenvalue weighted by Gasteiger charge is 2.21. The zero-order valence-corrected chi connectivity index (χ0v) is 29.5. The summed E-state index contributed by atoms with van der Waals surface area (Å²) in [5.74, 6) is 0. The maximum Gasteiger partial charge on any atom is 0.197 e. The summed E-state index contributed by atoms with van der Waals surface area (Å²) in [5.41, 5.74) is 12.6. The summed E-state index contributed by atoms with van der Waals surface area (Å²) >= 11 is 0. The Labute approximate surface area is 316 Å². The number of nitriles is 1. The predicted octanol–water partition coefficient (Wildman–Crippen LogP) is 13.1. The van der Waals surface area contributed by atoms with Gasteiger partial charge in [-0.3, -0.25) is 0 Å². The second-order valence-electron chi connectivity index (χ2n) is 13.9. The summed E-state index contributed by atoms with van der Waals surface area (Å²) in [4.78, 5) is 3.83. The van der Waals surface area contributed by atoms with Crippen LogP contribution in [0.15, 0.2) is 176 Å². The molecule has 0 unspecified atom stereocenters. The van der Waals surface area contributed by atoms with E-state index >= 15 is 0 Å². The van der Waals surface area contributed by atoms with E-state index in [0.717, 1.165) is 82.8 Å². The first-order valence-corrected chi connectivity index (χ1v) is 18.3. The highest BCUT2D eigenvalue weighted by atomic mass is 15.1. The Bertz CT molecular complexity index is 3400. The SMILES string of the molecule is [C-]#[N+]c1cccc2c1c1ccccc1n2-c1ccc(-c2ccc(-n3c4ccccc4c4cccc(-n5c6ccccc6c6ccccc65)c43)c(C#N)c2)cc1. The Kier molecular flexibility index (Phi) is 6.61. The fourth-order valence-electron chi connectivity index (χ4n) is 8.79. The number of hydrogen-bond acceptors (Lipinski definition) is 1. The molecule has 254 valence electrons. The molecular formula is C50H29N5. The van der Waals surface area contributed by atoms with Gasteiger partial charge in [0.25, 0.3) is 0 Å². The molecule has 0 aliphatic rings. The van der Waals surface area contributed by atoms with Crippen molar-refractivity contribution in [1.29, 1.82) is 5.26 Å². The number of aromatic nitrogens is 3. The van der Waals surface area contributed by atoms with Gasteiger partial charge < -0.3 is 13.7 Å². The van der Waals surface area contributed by atoms with E-state index in [1.807, 2.05) is 30.3 Å². The Morgan fingerprint density at radius 1 is 0.436 bits per heavy atom. The van der Waals surface area contributed by atoms with Crippen LogP contribution in [0.2, 0.25) is 0 Å². The van der Waals surface area contributed by atoms with E-state index < -0.39 is 0 Å². The van der Waals surface area contributed by atoms with E-state index in [-0.39, 0.29) is 0 Å². The number of rotatable bonds is 4. The largest absolute Gasteiger partial charge is 0.311 e. The van der Waals surface area contributed by atoms with E-state index in [1.54, 1.807) is 0 Å². The monoisotopic (exact) mass is 699 g/mol. The third kappa shape index (κ3) is 4.39. The van der Waals surface area contributed by atoms with Crippen LogP contribution in [0.25, 0.3) is 98.5 Å². The molecule has 8 aromatic carbocycles. The van der Waals surface area contributed by atoms with Crippen LogP contribution in [0.4, 0.5) is 5.69 Å². The molecule has 3 heterocycles. The Balaban J connectivity index is 1.09. The number of hydrogen-bond donors (Lipinski definition) is 0. The number of benzene rings is 8. The van der Waals surface area contributed by atoms with E-state index in [2.05, 4.69) is 170 Å². The Morgan fingerprint density at radius 2 is 0.964 bits per heavy atom. The van der Waals surface area contributed by atoms with E-state index in [4.69, 9.17) is 6.57 Å². The van der Waals surface area contributed by atoms with Gasteiger partial charge in [0.15, 0.2) is 5.69 Å². The minimum Gasteiger partial charge on any atom is -0.311 e. The van der Waals surface area contributed by atoms with Gasteiger partial charge in [-0.05, 0) is 77.2 Å². The fraction of sp³-hybridized carbons (Fsp3) is 0. The molecular weight excluding hydrogens is 671 g/mol. The molecule has 3 aromatic heterocycles. The maximum absolute atomic E-state index is 10.8. The van der Waals surface area contributed by atoms with Gasteiger partial charge in [0.05, 0.1) is 51.1 Å². The molecule has 0 amide bonds. The number of fused-ring (bicyclic) bond motifs is 9. The first kappa shape index (κ1) is 30.7. The van der Waals surface area contributed by atoms with Gasteiger partial charge in [-0.15, -0.1) is 0 Å². The molecule has 0 N–H and O–H groups in total. The zero-order valence-electron chi connectivity index (χ0n) is 29.5. The zero-order chi connectivity index (χ0) is 36.6. The molecule has 11 aromatic rings. The van der Waals surface area contributed by atoms with E-state index in [1.165, 1.54) is 10.8 Å². The van der Waals surface area contributed by atoms with Crippen molar-refractivity contribution >= 4 is 71.1 Å². The molecule has 0 saturated carbocycles. The molecule has 5 heteroatoms. The first-order valence-electron chi connectivity index (χ1n) is 18.3. The molecule has 0 saturated heterocycles. The number of para-hydroxylation sites is 5. The molecule has 0 atom stereocenters. The quantitative estimate of drug-likeness (QED) is 0.169. The Hall–Kier alpha value is -7.86. The lowest BCUT2D eigenvalue weighted by Gasteiger charge is -2.16. The molecule has 0 fully saturated rings. The normalized spacial score (nSPS) is 11.6. The van der Waals surface area contributed by atoms with Crippen molar-refractivity contribution in [1.82, 2.24) is 13.7 Å². The van der Waals surface area contributed by atoms with Gasteiger partial charge in [-0.2, -0.15) is 5.26 Å². The topological polar surface area (TPSA) is 42.9 Å². The first-order chi connectivity index (χ1) is 27.2. The third-order valence-corrected chi connectivity index (χ3v) is 11.1. The van der Waals surface area contributed by atoms with Crippen molar-refractivity contribution < 1.29 is 0 Å². The number of nitrogens with zero attached hydrogens (tertiary/aromatic N) is 5. The molecule has 0 bridgehead atoms. The van der Waals surface area contributed by atoms with Gasteiger partial charge in [-0.25, -0.2) is 4.85 Å². The van der Waals surface area contributed by atoms with Crippen LogP contribution in [-0.2, 0) is 0 Å². The van der Waals surface area contributed by atoms with Crippen LogP contribution >= 0.6 is 0 Å². The minimum atomic E-state index is 0.593. The van der Waals surface area contributed by atoms with Crippen molar-refractivity contribution in [3.8, 4) is 34.3 Å². The van der Waals surface area contributed by atoms with Crippen molar-refractivity contribution in [3.05, 3.63) is 193 Å². The van der Waals surface area contributed by atoms with Crippen LogP contribution in [0, 0.1) is 17.9 Å². The maximum atomic E-state index is 10.8. The fourth-order valence-corrected chi connectivity index (χ4v) is 8.79. The van der Waals surface area contributed by atoms with Crippen LogP contribution in [0.3, 0.4) is 0 Å². The lowest BCUT2D eigenvalue weighted by molar-refractivity contribution is 1.12. The molecule has 0 aliphatic heterocycles. The summed E-state index contributed by atoms with van der Waals surface area (Å²) in [7, 11) is 0. The minimum absolute atomic E-state index is 0.593. The van der Waals surface area contributed by atoms with Gasteiger partial charge >= 0.3 is 0 Å². The van der Waals surface area contributed by atoms with Gasteiger partial charge in [-0.1, -0.05) is 115 Å². The third-order valence-electron chi connectivity index (χ3n) is 11.1. The average Bonchev–Trinajstić information content (AvgIpc) is 3.89. The van der Waals surface area contributed by atoms with E-state index in [0.29, 0.717) is 11.3 Å². The van der Waals surface area contributed by atoms with Crippen LogP contribution in [-0.4, -0.2) is 13.7 Å². The lowest BCUT2D eigenvalue weighted by atomic mass is 10.0. The standard InChI is InChI=1S/C50H29N5/c1-52-41-17-11-22-47-49(41)40-15-5-9-21-46(40)53(47)35-27-24-32(25-28-35)33-26-29-42(34(30-33)31-51)55-45-20-8-4-14-38(45)39-16-10-23-48(50(39)55)54-43-18-6-2-12-36(43)37-13-3-7-19-44(37)54/h2-30H. The van der Waals surface area contributed by atoms with Gasteiger partial charge in [0.2, 0.25) is 0 Å². The van der Waals surface area contributed by atoms with Crippen LogP contribution in [0.1, 0.15) is 5.56 Å². The summed E-state index contributed by atoms with van der Waals surface area (Å²) in [6, 6.07) is 63.6. The molecule has 5 nitrogen and oxygen atoms in total. The van der Waals surface area contributed by atoms with Crippen molar-refractivity contribution in [2.45, 2.75) is 0 Å². The smallest absolute Gasteiger partial charge is 0.197 e. The lowest BCUT2D eigenvalue weighted by Crippen LogP contribution is -2.02. The summed E-state index contributed by atoms with van der Waals surface area (Å²) in [5, 5.41) is 17.5. The summed E-state index contributed by atoms with van der Waals surface area (Å²) in [6.07, 6.45) is 0. The molecule has 55 heavy (non-hydrogen) atoms. The van der Waals surface area contributed by atoms with Gasteiger partial charge in [0.1, 0.15) is 6.07 Å². The second kappa shape index (κ2) is 11.8. The molecule has 0 spiro atoms. The van der Waals surface area contributed by atoms with Crippen molar-refractivity contribution in [2.75, 3.05) is 0 Å². The summed E-state index contributed by atoms with van der Waals surface area (Å²) < 4.78 is 6.86. The second-order valence-corrected chi connectivity index (χ2v) is 13.9. The van der Waals surface area contributed by atoms with Crippen LogP contribution in [0.5, 0.6) is 0 Å². The molecule has 0 aliphatic carbocycles. The highest BCUT2D eigenvalue weighted by molar-refractivity contribution is 6.16. The summed E-state index contributed by atoms with van der Waals surface area (Å²) in [6.45, 7) is 7.80. The van der Waals surface area contributed by atoms with Crippen molar-refractivity contribution in [2.24, 2.45) is 0 Å².